The first-order valence-electron chi connectivity index (χ1n) is 7.30. The van der Waals surface area contributed by atoms with Gasteiger partial charge in [-0.3, -0.25) is 4.79 Å². The molecule has 3 rings (SSSR count). The van der Waals surface area contributed by atoms with E-state index in [1.807, 2.05) is 53.9 Å². The molecule has 7 heteroatoms. The van der Waals surface area contributed by atoms with Gasteiger partial charge in [-0.2, -0.15) is 0 Å². The smallest absolute Gasteiger partial charge is 0.276 e. The number of nitrogens with zero attached hydrogens (tertiary/aromatic N) is 2. The Morgan fingerprint density at radius 1 is 1.21 bits per heavy atom. The molecule has 0 spiro atoms. The summed E-state index contributed by atoms with van der Waals surface area (Å²) in [6.45, 7) is 0.226. The first-order valence-corrected chi connectivity index (χ1v) is 9.16. The minimum Gasteiger partial charge on any atom is -0.414 e. The summed E-state index contributed by atoms with van der Waals surface area (Å²) < 4.78 is 5.50. The van der Waals surface area contributed by atoms with Gasteiger partial charge in [0.05, 0.1) is 11.4 Å². The van der Waals surface area contributed by atoms with Gasteiger partial charge in [0, 0.05) is 5.75 Å². The Kier molecular flexibility index (Phi) is 5.81. The van der Waals surface area contributed by atoms with Gasteiger partial charge in [0.25, 0.3) is 11.1 Å². The Balaban J connectivity index is 1.44. The second-order valence-corrected chi connectivity index (χ2v) is 6.66. The number of carbonyl (C=O) groups is 1. The summed E-state index contributed by atoms with van der Waals surface area (Å²) in [5.74, 6) is 0.996. The van der Waals surface area contributed by atoms with Crippen LogP contribution in [0, 0.1) is 0 Å². The lowest BCUT2D eigenvalue weighted by Gasteiger charge is -1.98. The minimum absolute atomic E-state index is 0.136. The third-order valence-corrected chi connectivity index (χ3v) is 4.65. The van der Waals surface area contributed by atoms with E-state index in [1.54, 1.807) is 6.07 Å². The standard InChI is InChI=1S/C17H15N3O2S2/c21-16(14-9-5-10-23-14)18-12-15-19-20-17(22-15)24-11-4-8-13-6-2-1-3-7-13/h1-10H,11-12H2,(H,18,21)/b8-4+. The number of thioether (sulfide) groups is 1. The molecule has 2 heterocycles. The second kappa shape index (κ2) is 8.47. The molecule has 2 aromatic heterocycles. The number of benzene rings is 1. The van der Waals surface area contributed by atoms with E-state index >= 15 is 0 Å². The average Bonchev–Trinajstić information content (AvgIpc) is 3.29. The molecule has 24 heavy (non-hydrogen) atoms. The van der Waals surface area contributed by atoms with Crippen molar-refractivity contribution in [3.05, 3.63) is 70.3 Å². The molecule has 1 amide bonds. The highest BCUT2D eigenvalue weighted by molar-refractivity contribution is 7.99. The molecule has 0 radical (unpaired) electrons. The van der Waals surface area contributed by atoms with Gasteiger partial charge < -0.3 is 9.73 Å². The molecule has 1 aromatic carbocycles. The highest BCUT2D eigenvalue weighted by atomic mass is 32.2. The van der Waals surface area contributed by atoms with E-state index in [0.717, 1.165) is 11.3 Å². The van der Waals surface area contributed by atoms with Crippen LogP contribution in [0.1, 0.15) is 21.1 Å². The highest BCUT2D eigenvalue weighted by Crippen LogP contribution is 2.17. The van der Waals surface area contributed by atoms with Crippen molar-refractivity contribution in [2.75, 3.05) is 5.75 Å². The van der Waals surface area contributed by atoms with E-state index in [-0.39, 0.29) is 12.5 Å². The molecule has 1 N–H and O–H groups in total. The zero-order valence-electron chi connectivity index (χ0n) is 12.7. The number of hydrogen-bond acceptors (Lipinski definition) is 6. The monoisotopic (exact) mass is 357 g/mol. The molecule has 0 aliphatic carbocycles. The van der Waals surface area contributed by atoms with E-state index < -0.39 is 0 Å². The van der Waals surface area contributed by atoms with Crippen molar-refractivity contribution in [2.45, 2.75) is 11.8 Å². The van der Waals surface area contributed by atoms with E-state index in [2.05, 4.69) is 15.5 Å². The molecule has 0 atom stereocenters. The zero-order valence-corrected chi connectivity index (χ0v) is 14.3. The van der Waals surface area contributed by atoms with Gasteiger partial charge in [0.15, 0.2) is 0 Å². The maximum Gasteiger partial charge on any atom is 0.276 e. The van der Waals surface area contributed by atoms with Gasteiger partial charge in [-0.15, -0.1) is 21.5 Å². The summed E-state index contributed by atoms with van der Waals surface area (Å²) in [7, 11) is 0. The van der Waals surface area contributed by atoms with E-state index in [0.29, 0.717) is 16.0 Å². The maximum atomic E-state index is 11.8. The molecule has 0 fully saturated rings. The van der Waals surface area contributed by atoms with Crippen LogP contribution in [0.4, 0.5) is 0 Å². The van der Waals surface area contributed by atoms with Crippen LogP contribution in [0.5, 0.6) is 0 Å². The molecule has 0 saturated heterocycles. The first kappa shape index (κ1) is 16.5. The molecule has 0 unspecified atom stereocenters. The van der Waals surface area contributed by atoms with Crippen molar-refractivity contribution in [2.24, 2.45) is 0 Å². The molecule has 0 aliphatic heterocycles. The first-order chi connectivity index (χ1) is 11.8. The summed E-state index contributed by atoms with van der Waals surface area (Å²) in [6.07, 6.45) is 4.09. The van der Waals surface area contributed by atoms with E-state index in [1.165, 1.54) is 23.1 Å². The molecule has 0 bridgehead atoms. The van der Waals surface area contributed by atoms with Gasteiger partial charge in [-0.25, -0.2) is 0 Å². The van der Waals surface area contributed by atoms with Gasteiger partial charge >= 0.3 is 0 Å². The van der Waals surface area contributed by atoms with Gasteiger partial charge in [-0.1, -0.05) is 60.3 Å². The Labute approximate surface area is 147 Å². The molecule has 122 valence electrons. The number of thiophene rings is 1. The SMILES string of the molecule is O=C(NCc1nnc(SC/C=C/c2ccccc2)o1)c1cccs1. The van der Waals surface area contributed by atoms with Crippen LogP contribution in [0.15, 0.2) is 63.6 Å². The average molecular weight is 357 g/mol. The zero-order chi connectivity index (χ0) is 16.6. The Hall–Kier alpha value is -2.38. The molecule has 0 aliphatic rings. The molecule has 3 aromatic rings. The van der Waals surface area contributed by atoms with Crippen LogP contribution in [-0.2, 0) is 6.54 Å². The fraction of sp³-hybridized carbons (Fsp3) is 0.118. The van der Waals surface area contributed by atoms with Gasteiger partial charge in [0.2, 0.25) is 5.89 Å². The number of rotatable bonds is 7. The van der Waals surface area contributed by atoms with Crippen LogP contribution in [-0.4, -0.2) is 21.9 Å². The Morgan fingerprint density at radius 3 is 2.88 bits per heavy atom. The van der Waals surface area contributed by atoms with Crippen LogP contribution >= 0.6 is 23.1 Å². The second-order valence-electron chi connectivity index (χ2n) is 4.75. The number of hydrogen-bond donors (Lipinski definition) is 1. The number of amides is 1. The molecule has 5 nitrogen and oxygen atoms in total. The predicted octanol–water partition coefficient (Wildman–Crippen LogP) is 3.87. The Bertz CT molecular complexity index is 798. The summed E-state index contributed by atoms with van der Waals surface area (Å²) >= 11 is 2.85. The minimum atomic E-state index is -0.136. The van der Waals surface area contributed by atoms with Crippen LogP contribution in [0.3, 0.4) is 0 Å². The van der Waals surface area contributed by atoms with Gasteiger partial charge in [-0.05, 0) is 17.0 Å². The normalized spacial score (nSPS) is 11.0. The number of aromatic nitrogens is 2. The summed E-state index contributed by atoms with van der Waals surface area (Å²) in [5.41, 5.74) is 1.15. The lowest BCUT2D eigenvalue weighted by atomic mass is 10.2. The molecular weight excluding hydrogens is 342 g/mol. The maximum absolute atomic E-state index is 11.8. The van der Waals surface area contributed by atoms with Crippen LogP contribution < -0.4 is 5.32 Å². The molecule has 0 saturated carbocycles. The van der Waals surface area contributed by atoms with Crippen molar-refractivity contribution >= 4 is 35.1 Å². The van der Waals surface area contributed by atoms with E-state index in [4.69, 9.17) is 4.42 Å². The highest BCUT2D eigenvalue weighted by Gasteiger charge is 2.10. The van der Waals surface area contributed by atoms with Crippen LogP contribution in [0.25, 0.3) is 6.08 Å². The van der Waals surface area contributed by atoms with Crippen molar-refractivity contribution in [1.29, 1.82) is 0 Å². The summed E-state index contributed by atoms with van der Waals surface area (Å²) in [6, 6.07) is 13.7. The van der Waals surface area contributed by atoms with Crippen molar-refractivity contribution in [1.82, 2.24) is 15.5 Å². The number of carbonyl (C=O) groups excluding carboxylic acids is 1. The topological polar surface area (TPSA) is 68.0 Å². The molecular formula is C17H15N3O2S2. The summed E-state index contributed by atoms with van der Waals surface area (Å²) in [5, 5.41) is 13.0. The van der Waals surface area contributed by atoms with Crippen molar-refractivity contribution in [3.8, 4) is 0 Å². The number of nitrogens with one attached hydrogen (secondary N) is 1. The Morgan fingerprint density at radius 2 is 2.08 bits per heavy atom. The fourth-order valence-corrected chi connectivity index (χ4v) is 3.12. The third-order valence-electron chi connectivity index (χ3n) is 3.01. The fourth-order valence-electron chi connectivity index (χ4n) is 1.89. The van der Waals surface area contributed by atoms with E-state index in [9.17, 15) is 4.79 Å². The quantitative estimate of drug-likeness (QED) is 0.650. The van der Waals surface area contributed by atoms with Crippen molar-refractivity contribution in [3.63, 3.8) is 0 Å². The van der Waals surface area contributed by atoms with Crippen LogP contribution in [0.2, 0.25) is 0 Å². The third kappa shape index (κ3) is 4.81. The summed E-state index contributed by atoms with van der Waals surface area (Å²) in [4.78, 5) is 12.5. The largest absolute Gasteiger partial charge is 0.414 e. The predicted molar refractivity (Wildman–Crippen MR) is 96.0 cm³/mol. The lowest BCUT2D eigenvalue weighted by molar-refractivity contribution is 0.0951. The van der Waals surface area contributed by atoms with Gasteiger partial charge in [0.1, 0.15) is 0 Å². The van der Waals surface area contributed by atoms with Crippen molar-refractivity contribution < 1.29 is 9.21 Å². The lowest BCUT2D eigenvalue weighted by Crippen LogP contribution is -2.21.